The summed E-state index contributed by atoms with van der Waals surface area (Å²) >= 11 is 0. The van der Waals surface area contributed by atoms with Crippen LogP contribution in [0.3, 0.4) is 0 Å². The maximum atomic E-state index is 13.0. The zero-order valence-electron chi connectivity index (χ0n) is 15.6. The van der Waals surface area contributed by atoms with Crippen molar-refractivity contribution in [3.63, 3.8) is 0 Å². The molecule has 0 aliphatic carbocycles. The summed E-state index contributed by atoms with van der Waals surface area (Å²) in [7, 11) is -3.69. The van der Waals surface area contributed by atoms with Crippen molar-refractivity contribution in [2.24, 2.45) is 5.73 Å². The summed E-state index contributed by atoms with van der Waals surface area (Å²) in [5.74, 6) is -0.433. The molecule has 1 heterocycles. The molecule has 3 N–H and O–H groups in total. The fraction of sp³-hybridized carbons (Fsp3) is 0.350. The van der Waals surface area contributed by atoms with Gasteiger partial charge in [-0.05, 0) is 30.5 Å². The van der Waals surface area contributed by atoms with Gasteiger partial charge in [-0.15, -0.1) is 12.4 Å². The summed E-state index contributed by atoms with van der Waals surface area (Å²) in [5, 5.41) is 2.77. The zero-order chi connectivity index (χ0) is 19.3. The standard InChI is InChI=1S/C20H25N3O3S.ClH/c21-18(16-9-3-1-4-10-16)15-22-20(24)17-11-5-6-12-19(17)27(25,26)23-13-7-2-8-14-23;/h1,3-6,9-12,18H,2,7-8,13-15,21H2,(H,22,24);1H. The predicted octanol–water partition coefficient (Wildman–Crippen LogP) is 2.71. The summed E-state index contributed by atoms with van der Waals surface area (Å²) in [6, 6.07) is 15.4. The highest BCUT2D eigenvalue weighted by molar-refractivity contribution is 7.89. The molecular weight excluding hydrogens is 398 g/mol. The molecule has 8 heteroatoms. The third-order valence-corrected chi connectivity index (χ3v) is 6.73. The van der Waals surface area contributed by atoms with Crippen molar-refractivity contribution < 1.29 is 13.2 Å². The molecule has 0 radical (unpaired) electrons. The van der Waals surface area contributed by atoms with Crippen LogP contribution in [0, 0.1) is 0 Å². The number of carbonyl (C=O) groups is 1. The Morgan fingerprint density at radius 2 is 1.61 bits per heavy atom. The Bertz CT molecular complexity index is 885. The van der Waals surface area contributed by atoms with Gasteiger partial charge in [-0.25, -0.2) is 8.42 Å². The van der Waals surface area contributed by atoms with E-state index in [-0.39, 0.29) is 35.5 Å². The third-order valence-electron chi connectivity index (χ3n) is 4.77. The first kappa shape index (κ1) is 22.4. The van der Waals surface area contributed by atoms with Crippen LogP contribution < -0.4 is 11.1 Å². The number of carbonyl (C=O) groups excluding carboxylic acids is 1. The van der Waals surface area contributed by atoms with Crippen LogP contribution in [0.15, 0.2) is 59.5 Å². The normalized spacial score (nSPS) is 16.0. The second-order valence-electron chi connectivity index (χ2n) is 6.69. The minimum Gasteiger partial charge on any atom is -0.350 e. The number of halogens is 1. The van der Waals surface area contributed by atoms with E-state index in [4.69, 9.17) is 5.73 Å². The first-order valence-corrected chi connectivity index (χ1v) is 10.6. The Morgan fingerprint density at radius 3 is 2.29 bits per heavy atom. The molecule has 2 aromatic rings. The molecule has 2 aromatic carbocycles. The lowest BCUT2D eigenvalue weighted by molar-refractivity contribution is 0.0947. The van der Waals surface area contributed by atoms with Gasteiger partial charge < -0.3 is 11.1 Å². The molecule has 1 fully saturated rings. The van der Waals surface area contributed by atoms with Crippen LogP contribution in [-0.4, -0.2) is 38.3 Å². The Kier molecular flexibility index (Phi) is 8.00. The zero-order valence-corrected chi connectivity index (χ0v) is 17.2. The Labute approximate surface area is 172 Å². The number of benzene rings is 2. The van der Waals surface area contributed by atoms with E-state index < -0.39 is 15.9 Å². The Morgan fingerprint density at radius 1 is 1.00 bits per heavy atom. The topological polar surface area (TPSA) is 92.5 Å². The second-order valence-corrected chi connectivity index (χ2v) is 8.59. The van der Waals surface area contributed by atoms with Crippen molar-refractivity contribution in [2.75, 3.05) is 19.6 Å². The third kappa shape index (κ3) is 5.11. The average molecular weight is 424 g/mol. The quantitative estimate of drug-likeness (QED) is 0.747. The fourth-order valence-corrected chi connectivity index (χ4v) is 4.95. The van der Waals surface area contributed by atoms with Crippen LogP contribution in [-0.2, 0) is 10.0 Å². The molecule has 0 bridgehead atoms. The average Bonchev–Trinajstić information content (AvgIpc) is 2.73. The largest absolute Gasteiger partial charge is 0.350 e. The van der Waals surface area contributed by atoms with Gasteiger partial charge in [0.2, 0.25) is 10.0 Å². The minimum atomic E-state index is -3.69. The SMILES string of the molecule is Cl.NC(CNC(=O)c1ccccc1S(=O)(=O)N1CCCCC1)c1ccccc1. The molecule has 152 valence electrons. The van der Waals surface area contributed by atoms with E-state index in [0.29, 0.717) is 13.1 Å². The van der Waals surface area contributed by atoms with Gasteiger partial charge in [0.15, 0.2) is 0 Å². The highest BCUT2D eigenvalue weighted by Crippen LogP contribution is 2.23. The molecule has 3 rings (SSSR count). The van der Waals surface area contributed by atoms with Crippen LogP contribution in [0.5, 0.6) is 0 Å². The van der Waals surface area contributed by atoms with E-state index in [1.54, 1.807) is 18.2 Å². The molecular formula is C20H26ClN3O3S. The number of nitrogens with one attached hydrogen (secondary N) is 1. The van der Waals surface area contributed by atoms with Crippen LogP contribution in [0.25, 0.3) is 0 Å². The first-order valence-electron chi connectivity index (χ1n) is 9.18. The van der Waals surface area contributed by atoms with Crippen molar-refractivity contribution in [1.29, 1.82) is 0 Å². The number of rotatable bonds is 6. The van der Waals surface area contributed by atoms with Crippen LogP contribution in [0.2, 0.25) is 0 Å². The molecule has 6 nitrogen and oxygen atoms in total. The summed E-state index contributed by atoms with van der Waals surface area (Å²) in [6.45, 7) is 1.22. The summed E-state index contributed by atoms with van der Waals surface area (Å²) < 4.78 is 27.5. The van der Waals surface area contributed by atoms with Crippen molar-refractivity contribution in [2.45, 2.75) is 30.2 Å². The van der Waals surface area contributed by atoms with E-state index in [2.05, 4.69) is 5.32 Å². The molecule has 0 saturated carbocycles. The lowest BCUT2D eigenvalue weighted by Gasteiger charge is -2.26. The molecule has 1 saturated heterocycles. The smallest absolute Gasteiger partial charge is 0.252 e. The molecule has 1 aliphatic rings. The summed E-state index contributed by atoms with van der Waals surface area (Å²) in [4.78, 5) is 12.7. The van der Waals surface area contributed by atoms with Gasteiger partial charge in [-0.3, -0.25) is 4.79 Å². The van der Waals surface area contributed by atoms with E-state index in [1.165, 1.54) is 10.4 Å². The van der Waals surface area contributed by atoms with Crippen molar-refractivity contribution >= 4 is 28.3 Å². The van der Waals surface area contributed by atoms with Crippen LogP contribution in [0.4, 0.5) is 0 Å². The van der Waals surface area contributed by atoms with Crippen LogP contribution >= 0.6 is 12.4 Å². The van der Waals surface area contributed by atoms with E-state index in [1.807, 2.05) is 30.3 Å². The van der Waals surface area contributed by atoms with Gasteiger partial charge in [-0.2, -0.15) is 4.31 Å². The number of nitrogens with two attached hydrogens (primary N) is 1. The Balaban J connectivity index is 0.00000280. The molecule has 0 aromatic heterocycles. The highest BCUT2D eigenvalue weighted by Gasteiger charge is 2.29. The van der Waals surface area contributed by atoms with Crippen molar-refractivity contribution in [3.8, 4) is 0 Å². The van der Waals surface area contributed by atoms with Gasteiger partial charge >= 0.3 is 0 Å². The molecule has 1 amide bonds. The maximum Gasteiger partial charge on any atom is 0.252 e. The van der Waals surface area contributed by atoms with E-state index in [9.17, 15) is 13.2 Å². The van der Waals surface area contributed by atoms with Crippen molar-refractivity contribution in [3.05, 3.63) is 65.7 Å². The molecule has 1 atom stereocenters. The number of hydrogen-bond acceptors (Lipinski definition) is 4. The lowest BCUT2D eigenvalue weighted by atomic mass is 10.1. The monoisotopic (exact) mass is 423 g/mol. The number of amides is 1. The maximum absolute atomic E-state index is 13.0. The van der Waals surface area contributed by atoms with Gasteiger partial charge in [0.05, 0.1) is 10.5 Å². The van der Waals surface area contributed by atoms with Crippen LogP contribution in [0.1, 0.15) is 41.2 Å². The number of piperidine rings is 1. The molecule has 1 aliphatic heterocycles. The molecule has 28 heavy (non-hydrogen) atoms. The first-order chi connectivity index (χ1) is 13.0. The number of hydrogen-bond donors (Lipinski definition) is 2. The highest BCUT2D eigenvalue weighted by atomic mass is 35.5. The fourth-order valence-electron chi connectivity index (χ4n) is 3.24. The molecule has 0 spiro atoms. The van der Waals surface area contributed by atoms with E-state index in [0.717, 1.165) is 24.8 Å². The van der Waals surface area contributed by atoms with E-state index >= 15 is 0 Å². The van der Waals surface area contributed by atoms with Gasteiger partial charge in [0.1, 0.15) is 0 Å². The summed E-state index contributed by atoms with van der Waals surface area (Å²) in [6.07, 6.45) is 2.73. The second kappa shape index (κ2) is 10.0. The van der Waals surface area contributed by atoms with Gasteiger partial charge in [0, 0.05) is 25.7 Å². The number of nitrogens with zero attached hydrogens (tertiary/aromatic N) is 1. The van der Waals surface area contributed by atoms with Gasteiger partial charge in [0.25, 0.3) is 5.91 Å². The number of sulfonamides is 1. The minimum absolute atomic E-state index is 0. The van der Waals surface area contributed by atoms with Gasteiger partial charge in [-0.1, -0.05) is 48.9 Å². The lowest BCUT2D eigenvalue weighted by Crippen LogP contribution is -2.37. The predicted molar refractivity (Wildman–Crippen MR) is 112 cm³/mol. The van der Waals surface area contributed by atoms with Crippen molar-refractivity contribution in [1.82, 2.24) is 9.62 Å². The summed E-state index contributed by atoms with van der Waals surface area (Å²) in [5.41, 5.74) is 7.19. The molecule has 1 unspecified atom stereocenters. The Hall–Kier alpha value is -1.93.